The number of benzene rings is 1. The van der Waals surface area contributed by atoms with E-state index < -0.39 is 90.9 Å². The Morgan fingerprint density at radius 2 is 1.47 bits per heavy atom. The molecule has 2 amide bonds. The molecule has 2 rings (SSSR count). The molecule has 15 nitrogen and oxygen atoms in total. The Hall–Kier alpha value is -4.24. The maximum Gasteiger partial charge on any atom is 0.408 e. The molecular formula is C30H42N2O13. The lowest BCUT2D eigenvalue weighted by atomic mass is 9.95. The van der Waals surface area contributed by atoms with Crippen LogP contribution in [0, 0.1) is 0 Å². The van der Waals surface area contributed by atoms with Crippen LogP contribution in [-0.4, -0.2) is 90.9 Å². The van der Waals surface area contributed by atoms with E-state index >= 15 is 0 Å². The molecule has 0 saturated carbocycles. The smallest absolute Gasteiger partial charge is 0.408 e. The van der Waals surface area contributed by atoms with Crippen molar-refractivity contribution in [2.24, 2.45) is 0 Å². The van der Waals surface area contributed by atoms with Gasteiger partial charge in [0.25, 0.3) is 0 Å². The van der Waals surface area contributed by atoms with Crippen molar-refractivity contribution >= 4 is 35.9 Å². The lowest BCUT2D eigenvalue weighted by molar-refractivity contribution is -0.288. The first-order valence-electron chi connectivity index (χ1n) is 14.2. The SMILES string of the molecule is CC(=O)NC1C(OC(C)=O)[C@H](OC(C)=O)C(COC(C)=O)O[C@H]1O[C@H](C)[C@H](NC(=O)OC(C)(C)C)C(=O)OCc1ccccc1. The van der Waals surface area contributed by atoms with Crippen molar-refractivity contribution in [1.82, 2.24) is 10.6 Å². The first kappa shape index (κ1) is 36.9. The number of hydrogen-bond donors (Lipinski definition) is 2. The lowest BCUT2D eigenvalue weighted by Gasteiger charge is -2.45. The van der Waals surface area contributed by atoms with Crippen molar-refractivity contribution in [1.29, 1.82) is 0 Å². The third kappa shape index (κ3) is 12.7. The lowest BCUT2D eigenvalue weighted by Crippen LogP contribution is -2.67. The van der Waals surface area contributed by atoms with E-state index in [0.717, 1.165) is 20.8 Å². The third-order valence-electron chi connectivity index (χ3n) is 6.04. The summed E-state index contributed by atoms with van der Waals surface area (Å²) in [4.78, 5) is 74.0. The standard InChI is InChI=1S/C30H42N2O13/c1-16(23(32-29(38)45-30(6,7)8)27(37)40-14-21-12-10-9-11-13-21)41-28-24(31-17(2)33)26(43-20(5)36)25(42-19(4)35)22(44-28)15-39-18(3)34/h9-13,16,22-26,28H,14-15H2,1-8H3,(H,31,33)(H,32,38)/t16-,22?,23+,24?,25-,26?,28-/m1/s1. The maximum atomic E-state index is 13.3. The molecule has 15 heteroatoms. The Kier molecular flexibility index (Phi) is 13.7. The fourth-order valence-corrected chi connectivity index (χ4v) is 4.32. The molecule has 1 aromatic carbocycles. The summed E-state index contributed by atoms with van der Waals surface area (Å²) in [5.74, 6) is -3.71. The molecule has 0 bridgehead atoms. The highest BCUT2D eigenvalue weighted by Gasteiger charge is 2.52. The molecule has 1 saturated heterocycles. The van der Waals surface area contributed by atoms with Gasteiger partial charge in [-0.25, -0.2) is 9.59 Å². The van der Waals surface area contributed by atoms with Crippen LogP contribution in [0.3, 0.4) is 0 Å². The van der Waals surface area contributed by atoms with Crippen LogP contribution in [0.15, 0.2) is 30.3 Å². The van der Waals surface area contributed by atoms with Crippen molar-refractivity contribution in [2.75, 3.05) is 6.61 Å². The van der Waals surface area contributed by atoms with Crippen molar-refractivity contribution in [2.45, 2.75) is 110 Å². The largest absolute Gasteiger partial charge is 0.463 e. The highest BCUT2D eigenvalue weighted by atomic mass is 16.7. The quantitative estimate of drug-likeness (QED) is 0.249. The second-order valence-electron chi connectivity index (χ2n) is 11.3. The summed E-state index contributed by atoms with van der Waals surface area (Å²) in [6.45, 7) is 10.3. The van der Waals surface area contributed by atoms with Gasteiger partial charge in [0.05, 0.1) is 6.10 Å². The molecule has 1 aliphatic heterocycles. The van der Waals surface area contributed by atoms with E-state index in [-0.39, 0.29) is 6.61 Å². The number of nitrogens with one attached hydrogen (secondary N) is 2. The fraction of sp³-hybridized carbons (Fsp3) is 0.600. The summed E-state index contributed by atoms with van der Waals surface area (Å²) in [5.41, 5.74) is -0.214. The molecule has 0 radical (unpaired) electrons. The Morgan fingerprint density at radius 1 is 0.867 bits per heavy atom. The predicted octanol–water partition coefficient (Wildman–Crippen LogP) is 1.68. The third-order valence-corrected chi connectivity index (χ3v) is 6.04. The second-order valence-corrected chi connectivity index (χ2v) is 11.3. The van der Waals surface area contributed by atoms with Gasteiger partial charge in [0, 0.05) is 27.7 Å². The number of alkyl carbamates (subject to hydrolysis) is 1. The molecule has 1 heterocycles. The topological polar surface area (TPSA) is 191 Å². The molecule has 1 fully saturated rings. The summed E-state index contributed by atoms with van der Waals surface area (Å²) < 4.78 is 38.8. The zero-order valence-electron chi connectivity index (χ0n) is 26.6. The Labute approximate surface area is 261 Å². The summed E-state index contributed by atoms with van der Waals surface area (Å²) >= 11 is 0. The van der Waals surface area contributed by atoms with Gasteiger partial charge in [0.15, 0.2) is 24.5 Å². The van der Waals surface area contributed by atoms with E-state index in [2.05, 4.69) is 10.6 Å². The van der Waals surface area contributed by atoms with Gasteiger partial charge < -0.3 is 43.8 Å². The molecule has 45 heavy (non-hydrogen) atoms. The summed E-state index contributed by atoms with van der Waals surface area (Å²) in [5, 5.41) is 5.03. The zero-order chi connectivity index (χ0) is 33.9. The molecule has 250 valence electrons. The zero-order valence-corrected chi connectivity index (χ0v) is 26.6. The summed E-state index contributed by atoms with van der Waals surface area (Å²) in [6.07, 6.45) is -7.63. The van der Waals surface area contributed by atoms with Crippen LogP contribution in [0.1, 0.15) is 61.0 Å². The van der Waals surface area contributed by atoms with Gasteiger partial charge in [-0.15, -0.1) is 0 Å². The van der Waals surface area contributed by atoms with Crippen molar-refractivity contribution in [3.8, 4) is 0 Å². The Morgan fingerprint density at radius 3 is 2.00 bits per heavy atom. The van der Waals surface area contributed by atoms with Gasteiger partial charge in [-0.05, 0) is 33.3 Å². The normalized spacial score (nSPS) is 22.5. The van der Waals surface area contributed by atoms with Crippen LogP contribution >= 0.6 is 0 Å². The average Bonchev–Trinajstić information content (AvgIpc) is 2.91. The van der Waals surface area contributed by atoms with E-state index in [1.165, 1.54) is 13.8 Å². The van der Waals surface area contributed by atoms with Crippen LogP contribution in [0.25, 0.3) is 0 Å². The summed E-state index contributed by atoms with van der Waals surface area (Å²) in [6, 6.07) is 6.06. The Bertz CT molecular complexity index is 1200. The van der Waals surface area contributed by atoms with E-state index in [9.17, 15) is 28.8 Å². The van der Waals surface area contributed by atoms with Gasteiger partial charge in [0.2, 0.25) is 5.91 Å². The number of ether oxygens (including phenoxy) is 7. The van der Waals surface area contributed by atoms with Crippen LogP contribution in [0.2, 0.25) is 0 Å². The number of carbonyl (C=O) groups is 6. The van der Waals surface area contributed by atoms with Crippen molar-refractivity contribution in [3.63, 3.8) is 0 Å². The van der Waals surface area contributed by atoms with Gasteiger partial charge in [-0.3, -0.25) is 19.2 Å². The van der Waals surface area contributed by atoms with Gasteiger partial charge >= 0.3 is 30.0 Å². The minimum absolute atomic E-state index is 0.115. The average molecular weight is 639 g/mol. The van der Waals surface area contributed by atoms with Gasteiger partial charge in [-0.1, -0.05) is 30.3 Å². The number of rotatable bonds is 12. The minimum atomic E-state index is -1.49. The van der Waals surface area contributed by atoms with Crippen molar-refractivity contribution < 1.29 is 61.9 Å². The van der Waals surface area contributed by atoms with Gasteiger partial charge in [-0.2, -0.15) is 0 Å². The molecule has 0 spiro atoms. The predicted molar refractivity (Wildman–Crippen MR) is 154 cm³/mol. The molecule has 1 aromatic rings. The van der Waals surface area contributed by atoms with E-state index in [0.29, 0.717) is 5.56 Å². The number of hydrogen-bond acceptors (Lipinski definition) is 13. The number of carbonyl (C=O) groups excluding carboxylic acids is 6. The van der Waals surface area contributed by atoms with E-state index in [1.54, 1.807) is 51.1 Å². The molecule has 3 unspecified atom stereocenters. The van der Waals surface area contributed by atoms with Crippen LogP contribution in [0.5, 0.6) is 0 Å². The highest BCUT2D eigenvalue weighted by molar-refractivity contribution is 5.82. The number of esters is 4. The highest BCUT2D eigenvalue weighted by Crippen LogP contribution is 2.29. The minimum Gasteiger partial charge on any atom is -0.463 e. The molecule has 1 aliphatic rings. The van der Waals surface area contributed by atoms with Gasteiger partial charge in [0.1, 0.15) is 31.0 Å². The van der Waals surface area contributed by atoms with Crippen LogP contribution < -0.4 is 10.6 Å². The Balaban J connectivity index is 2.45. The molecule has 7 atom stereocenters. The van der Waals surface area contributed by atoms with Crippen molar-refractivity contribution in [3.05, 3.63) is 35.9 Å². The molecule has 2 N–H and O–H groups in total. The monoisotopic (exact) mass is 638 g/mol. The summed E-state index contributed by atoms with van der Waals surface area (Å²) in [7, 11) is 0. The van der Waals surface area contributed by atoms with E-state index in [4.69, 9.17) is 33.2 Å². The first-order valence-corrected chi connectivity index (χ1v) is 14.2. The molecule has 0 aromatic heterocycles. The fourth-order valence-electron chi connectivity index (χ4n) is 4.32. The second kappa shape index (κ2) is 16.7. The van der Waals surface area contributed by atoms with Crippen LogP contribution in [-0.2, 0) is 63.7 Å². The van der Waals surface area contributed by atoms with E-state index in [1.807, 2.05) is 0 Å². The molecule has 0 aliphatic carbocycles. The van der Waals surface area contributed by atoms with Crippen LogP contribution in [0.4, 0.5) is 4.79 Å². The first-order chi connectivity index (χ1) is 21.0. The number of amides is 2. The molecular weight excluding hydrogens is 596 g/mol. The maximum absolute atomic E-state index is 13.3.